The summed E-state index contributed by atoms with van der Waals surface area (Å²) < 4.78 is 23.5. The number of aliphatic hydroxyl groups excluding tert-OH is 1. The number of rotatable bonds is 40. The molecule has 0 aliphatic rings. The van der Waals surface area contributed by atoms with Crippen LogP contribution in [0.25, 0.3) is 0 Å². The van der Waals surface area contributed by atoms with Gasteiger partial charge in [0.2, 0.25) is 5.91 Å². The fourth-order valence-corrected chi connectivity index (χ4v) is 6.98. The van der Waals surface area contributed by atoms with Gasteiger partial charge in [0.25, 0.3) is 0 Å². The van der Waals surface area contributed by atoms with E-state index >= 15 is 0 Å². The van der Waals surface area contributed by atoms with Gasteiger partial charge in [-0.2, -0.15) is 0 Å². The summed E-state index contributed by atoms with van der Waals surface area (Å²) in [6.07, 6.45) is 45.0. The van der Waals surface area contributed by atoms with E-state index in [-0.39, 0.29) is 19.1 Å². The van der Waals surface area contributed by atoms with Crippen molar-refractivity contribution in [3.63, 3.8) is 0 Å². The Bertz CT molecular complexity index is 980. The van der Waals surface area contributed by atoms with E-state index in [2.05, 4.69) is 43.5 Å². The normalized spacial score (nSPS) is 14.7. The van der Waals surface area contributed by atoms with Gasteiger partial charge in [-0.05, 0) is 44.9 Å². The van der Waals surface area contributed by atoms with Crippen LogP contribution in [-0.2, 0) is 18.4 Å². The number of phosphoric ester groups is 1. The number of carbonyl (C=O) groups is 1. The van der Waals surface area contributed by atoms with Crippen molar-refractivity contribution < 1.29 is 32.9 Å². The summed E-state index contributed by atoms with van der Waals surface area (Å²) in [6, 6.07) is -0.865. The number of phosphoric acid groups is 1. The highest BCUT2D eigenvalue weighted by Gasteiger charge is 2.27. The predicted molar refractivity (Wildman–Crippen MR) is 231 cm³/mol. The number of carbonyl (C=O) groups excluding carboxylic acids is 1. The first-order chi connectivity index (χ1) is 26.0. The number of hydrogen-bond acceptors (Lipinski definition) is 5. The molecule has 0 aliphatic carbocycles. The van der Waals surface area contributed by atoms with Crippen molar-refractivity contribution in [1.82, 2.24) is 5.32 Å². The summed E-state index contributed by atoms with van der Waals surface area (Å²) >= 11 is 0. The molecule has 9 heteroatoms. The van der Waals surface area contributed by atoms with E-state index in [1.807, 2.05) is 27.2 Å². The maximum Gasteiger partial charge on any atom is 0.472 e. The molecule has 0 aromatic heterocycles. The molecule has 3 N–H and O–H groups in total. The third-order valence-electron chi connectivity index (χ3n) is 9.84. The smallest absolute Gasteiger partial charge is 0.387 e. The SMILES string of the molecule is CCCCC/C=C/CC/C=C/CC/C=C/C(O)C(COP(=O)(O)OCC[N+](C)(C)C)NC(=O)CCCCCCCCCCCCCCCCCCCCC. The predicted octanol–water partition coefficient (Wildman–Crippen LogP) is 12.3. The lowest BCUT2D eigenvalue weighted by atomic mass is 10.0. The van der Waals surface area contributed by atoms with Crippen LogP contribution in [-0.4, -0.2) is 73.4 Å². The highest BCUT2D eigenvalue weighted by atomic mass is 31.2. The van der Waals surface area contributed by atoms with E-state index in [4.69, 9.17) is 9.05 Å². The lowest BCUT2D eigenvalue weighted by Gasteiger charge is -2.25. The highest BCUT2D eigenvalue weighted by Crippen LogP contribution is 2.43. The Kier molecular flexibility index (Phi) is 36.4. The number of amides is 1. The van der Waals surface area contributed by atoms with Crippen LogP contribution in [0.1, 0.15) is 194 Å². The average Bonchev–Trinajstić information content (AvgIpc) is 3.12. The Morgan fingerprint density at radius 1 is 0.611 bits per heavy atom. The fraction of sp³-hybridized carbons (Fsp3) is 0.844. The number of hydrogen-bond donors (Lipinski definition) is 3. The molecule has 318 valence electrons. The lowest BCUT2D eigenvalue weighted by Crippen LogP contribution is -2.45. The molecule has 0 heterocycles. The average molecular weight is 784 g/mol. The molecule has 0 aromatic carbocycles. The molecule has 0 aliphatic heterocycles. The zero-order chi connectivity index (χ0) is 40.0. The topological polar surface area (TPSA) is 105 Å². The van der Waals surface area contributed by atoms with Crippen LogP contribution >= 0.6 is 7.82 Å². The van der Waals surface area contributed by atoms with Crippen molar-refractivity contribution in [3.05, 3.63) is 36.5 Å². The maximum atomic E-state index is 12.9. The summed E-state index contributed by atoms with van der Waals surface area (Å²) in [5.41, 5.74) is 0. The first-order valence-electron chi connectivity index (χ1n) is 22.4. The summed E-state index contributed by atoms with van der Waals surface area (Å²) in [5, 5.41) is 13.8. The Labute approximate surface area is 334 Å². The Hall–Kier alpha value is -1.28. The molecule has 0 saturated carbocycles. The third kappa shape index (κ3) is 39.0. The largest absolute Gasteiger partial charge is 0.472 e. The van der Waals surface area contributed by atoms with Gasteiger partial charge in [0.1, 0.15) is 13.2 Å². The minimum absolute atomic E-state index is 0.0545. The maximum absolute atomic E-state index is 12.9. The molecule has 0 rings (SSSR count). The second-order valence-electron chi connectivity index (χ2n) is 16.4. The van der Waals surface area contributed by atoms with Crippen LogP contribution in [0.2, 0.25) is 0 Å². The van der Waals surface area contributed by atoms with Crippen molar-refractivity contribution in [2.45, 2.75) is 206 Å². The summed E-state index contributed by atoms with van der Waals surface area (Å²) in [7, 11) is 1.55. The molecule has 3 atom stereocenters. The fourth-order valence-electron chi connectivity index (χ4n) is 6.25. The highest BCUT2D eigenvalue weighted by molar-refractivity contribution is 7.47. The Morgan fingerprint density at radius 3 is 1.48 bits per heavy atom. The van der Waals surface area contributed by atoms with Gasteiger partial charge in [0, 0.05) is 6.42 Å². The second-order valence-corrected chi connectivity index (χ2v) is 17.9. The quantitative estimate of drug-likeness (QED) is 0.0247. The molecule has 0 radical (unpaired) electrons. The van der Waals surface area contributed by atoms with Crippen molar-refractivity contribution in [2.75, 3.05) is 40.9 Å². The number of quaternary nitrogens is 1. The van der Waals surface area contributed by atoms with Crippen molar-refractivity contribution in [1.29, 1.82) is 0 Å². The van der Waals surface area contributed by atoms with Gasteiger partial charge < -0.3 is 19.8 Å². The molecule has 0 bridgehead atoms. The van der Waals surface area contributed by atoms with E-state index in [1.54, 1.807) is 6.08 Å². The molecule has 54 heavy (non-hydrogen) atoms. The van der Waals surface area contributed by atoms with Gasteiger partial charge in [-0.1, -0.05) is 179 Å². The van der Waals surface area contributed by atoms with Crippen molar-refractivity contribution in [3.8, 4) is 0 Å². The number of aliphatic hydroxyl groups is 1. The standard InChI is InChI=1S/C45H87N2O6P/c1-6-8-10-12-14-16-18-20-21-22-23-24-25-27-29-31-33-35-37-39-45(49)46-43(42-53-54(50,51)52-41-40-47(3,4)5)44(48)38-36-34-32-30-28-26-19-17-15-13-11-9-7-2/h15,17,28,30,36,38,43-44,48H,6-14,16,18-27,29,31-35,37,39-42H2,1-5H3,(H-,46,49,50,51)/p+1/b17-15+,30-28+,38-36+. The molecule has 8 nitrogen and oxygen atoms in total. The molecule has 0 spiro atoms. The number of unbranched alkanes of at least 4 members (excludes halogenated alkanes) is 23. The van der Waals surface area contributed by atoms with Crippen LogP contribution in [0.5, 0.6) is 0 Å². The van der Waals surface area contributed by atoms with E-state index in [0.29, 0.717) is 17.4 Å². The van der Waals surface area contributed by atoms with Gasteiger partial charge in [0.05, 0.1) is 39.9 Å². The first-order valence-corrected chi connectivity index (χ1v) is 23.9. The van der Waals surface area contributed by atoms with Gasteiger partial charge in [-0.3, -0.25) is 13.8 Å². The van der Waals surface area contributed by atoms with Crippen LogP contribution in [0, 0.1) is 0 Å². The van der Waals surface area contributed by atoms with E-state index < -0.39 is 20.0 Å². The molecule has 3 unspecified atom stereocenters. The number of likely N-dealkylation sites (N-methyl/N-ethyl adjacent to an activating group) is 1. The van der Waals surface area contributed by atoms with Crippen LogP contribution in [0.15, 0.2) is 36.5 Å². The molecule has 1 amide bonds. The summed E-state index contributed by atoms with van der Waals surface area (Å²) in [6.45, 7) is 4.75. The number of nitrogens with zero attached hydrogens (tertiary/aromatic N) is 1. The van der Waals surface area contributed by atoms with Crippen LogP contribution < -0.4 is 5.32 Å². The molecule has 0 fully saturated rings. The first kappa shape index (κ1) is 52.7. The second kappa shape index (κ2) is 37.3. The van der Waals surface area contributed by atoms with Crippen LogP contribution in [0.3, 0.4) is 0 Å². The summed E-state index contributed by atoms with van der Waals surface area (Å²) in [5.74, 6) is -0.191. The van der Waals surface area contributed by atoms with E-state index in [1.165, 1.54) is 122 Å². The monoisotopic (exact) mass is 784 g/mol. The van der Waals surface area contributed by atoms with E-state index in [0.717, 1.165) is 51.4 Å². The molecular weight excluding hydrogens is 695 g/mol. The van der Waals surface area contributed by atoms with Crippen LogP contribution in [0.4, 0.5) is 0 Å². The Balaban J connectivity index is 4.40. The number of allylic oxidation sites excluding steroid dienone is 5. The van der Waals surface area contributed by atoms with E-state index in [9.17, 15) is 19.4 Å². The zero-order valence-corrected chi connectivity index (χ0v) is 36.9. The number of nitrogens with one attached hydrogen (secondary N) is 1. The Morgan fingerprint density at radius 2 is 1.02 bits per heavy atom. The van der Waals surface area contributed by atoms with Crippen molar-refractivity contribution >= 4 is 13.7 Å². The lowest BCUT2D eigenvalue weighted by molar-refractivity contribution is -0.870. The van der Waals surface area contributed by atoms with Gasteiger partial charge in [0.15, 0.2) is 0 Å². The van der Waals surface area contributed by atoms with Gasteiger partial charge >= 0.3 is 7.82 Å². The van der Waals surface area contributed by atoms with Gasteiger partial charge in [-0.25, -0.2) is 4.57 Å². The third-order valence-corrected chi connectivity index (χ3v) is 10.8. The van der Waals surface area contributed by atoms with Crippen molar-refractivity contribution in [2.24, 2.45) is 0 Å². The molecular formula is C45H88N2O6P+. The van der Waals surface area contributed by atoms with Gasteiger partial charge in [-0.15, -0.1) is 0 Å². The zero-order valence-electron chi connectivity index (χ0n) is 36.0. The summed E-state index contributed by atoms with van der Waals surface area (Å²) in [4.78, 5) is 23.1. The molecule has 0 aromatic rings. The molecule has 0 saturated heterocycles. The minimum Gasteiger partial charge on any atom is -0.387 e. The minimum atomic E-state index is -4.34.